The molecule has 4 nitrogen and oxygen atoms in total. The van der Waals surface area contributed by atoms with Gasteiger partial charge in [0.25, 0.3) is 0 Å². The predicted octanol–water partition coefficient (Wildman–Crippen LogP) is 4.03. The van der Waals surface area contributed by atoms with E-state index in [1.165, 1.54) is 0 Å². The minimum atomic E-state index is -0.125. The van der Waals surface area contributed by atoms with Crippen molar-refractivity contribution in [2.45, 2.75) is 0 Å². The van der Waals surface area contributed by atoms with E-state index in [0.29, 0.717) is 53.7 Å². The summed E-state index contributed by atoms with van der Waals surface area (Å²) in [5.74, 6) is 0. The van der Waals surface area contributed by atoms with Crippen LogP contribution >= 0.6 is 11.6 Å². The number of aromatic amines is 2. The van der Waals surface area contributed by atoms with Crippen molar-refractivity contribution in [3.8, 4) is 0 Å². The van der Waals surface area contributed by atoms with E-state index >= 15 is 0 Å². The van der Waals surface area contributed by atoms with Gasteiger partial charge >= 0.3 is 0 Å². The second-order valence-corrected chi connectivity index (χ2v) is 7.16. The molecular formula is C20H11Cl2N2O2+. The Morgan fingerprint density at radius 2 is 1.15 bits per heavy atom. The predicted molar refractivity (Wildman–Crippen MR) is 103 cm³/mol. The van der Waals surface area contributed by atoms with E-state index in [1.54, 1.807) is 48.5 Å². The lowest BCUT2D eigenvalue weighted by Gasteiger charge is -2.07. The summed E-state index contributed by atoms with van der Waals surface area (Å²) >= 11 is 11.2. The van der Waals surface area contributed by atoms with Crippen molar-refractivity contribution in [3.05, 3.63) is 79.0 Å². The summed E-state index contributed by atoms with van der Waals surface area (Å²) in [7, 11) is 0. The first-order chi connectivity index (χ1) is 12.5. The van der Waals surface area contributed by atoms with E-state index < -0.39 is 0 Å². The molecule has 0 radical (unpaired) electrons. The lowest BCUT2D eigenvalue weighted by Crippen LogP contribution is -2.08. The third kappa shape index (κ3) is 2.16. The standard InChI is InChI=1S/C20H10Cl2N2O2/c21-9-1-3-15-11(5-9)19(25)13-8-18-14(7-17(13)23-15)20(26)12-6-10(22)2-4-16(12)24-18/h1-8,21H,(H-,23,24,25,26)/p+1. The molecule has 0 saturated carbocycles. The number of aromatic nitrogens is 2. The molecule has 0 bridgehead atoms. The summed E-state index contributed by atoms with van der Waals surface area (Å²) in [4.78, 5) is 32.2. The van der Waals surface area contributed by atoms with Crippen LogP contribution in [-0.4, -0.2) is 9.97 Å². The van der Waals surface area contributed by atoms with Crippen LogP contribution in [0.1, 0.15) is 0 Å². The van der Waals surface area contributed by atoms with E-state index in [-0.39, 0.29) is 10.9 Å². The summed E-state index contributed by atoms with van der Waals surface area (Å²) in [6.07, 6.45) is 0. The fourth-order valence-electron chi connectivity index (χ4n) is 3.40. The maximum absolute atomic E-state index is 12.9. The zero-order valence-corrected chi connectivity index (χ0v) is 14.8. The monoisotopic (exact) mass is 381 g/mol. The van der Waals surface area contributed by atoms with Crippen LogP contribution in [0.4, 0.5) is 0 Å². The third-order valence-corrected chi connectivity index (χ3v) is 5.14. The number of halogens is 2. The van der Waals surface area contributed by atoms with Gasteiger partial charge < -0.3 is 9.97 Å². The van der Waals surface area contributed by atoms with Crippen LogP contribution in [-0.2, 0) is 0 Å². The van der Waals surface area contributed by atoms with Gasteiger partial charge in [-0.2, -0.15) is 0 Å². The molecule has 0 amide bonds. The van der Waals surface area contributed by atoms with Gasteiger partial charge in [-0.1, -0.05) is 11.6 Å². The molecule has 2 heterocycles. The molecule has 0 atom stereocenters. The number of H-pyrrole nitrogens is 2. The molecule has 0 aliphatic carbocycles. The van der Waals surface area contributed by atoms with E-state index in [0.717, 1.165) is 0 Å². The molecule has 3 aromatic carbocycles. The summed E-state index contributed by atoms with van der Waals surface area (Å²) in [5, 5.41) is 3.18. The number of rotatable bonds is 0. The van der Waals surface area contributed by atoms with Crippen molar-refractivity contribution in [3.63, 3.8) is 0 Å². The average Bonchev–Trinajstić information content (AvgIpc) is 2.63. The number of nitrogens with one attached hydrogen (secondary N) is 2. The number of hydrogen-bond acceptors (Lipinski definition) is 2. The fraction of sp³-hybridized carbons (Fsp3) is 0. The van der Waals surface area contributed by atoms with Gasteiger partial charge in [0.1, 0.15) is 0 Å². The number of hydrogen-bond donors (Lipinski definition) is 2. The van der Waals surface area contributed by atoms with Crippen LogP contribution < -0.4 is 10.9 Å². The van der Waals surface area contributed by atoms with Crippen LogP contribution in [0.3, 0.4) is 0 Å². The summed E-state index contributed by atoms with van der Waals surface area (Å²) in [5.41, 5.74) is 2.35. The van der Waals surface area contributed by atoms with Crippen LogP contribution in [0.2, 0.25) is 10.0 Å². The zero-order chi connectivity index (χ0) is 18.0. The SMILES string of the molecule is O=c1c2cc(Cl)ccc2[nH]c2cc3c(=O)c4cc([ClH+])ccc4[nH]c3cc12. The van der Waals surface area contributed by atoms with Gasteiger partial charge in [-0.3, -0.25) is 9.59 Å². The summed E-state index contributed by atoms with van der Waals surface area (Å²) in [6.45, 7) is 0. The van der Waals surface area contributed by atoms with Crippen LogP contribution in [0.25, 0.3) is 43.6 Å². The molecule has 0 aliphatic rings. The van der Waals surface area contributed by atoms with E-state index in [9.17, 15) is 9.59 Å². The van der Waals surface area contributed by atoms with Crippen molar-refractivity contribution >= 4 is 55.2 Å². The Bertz CT molecular complexity index is 1380. The zero-order valence-electron chi connectivity index (χ0n) is 13.2. The first-order valence-corrected chi connectivity index (χ1v) is 8.72. The Morgan fingerprint density at radius 3 is 1.77 bits per heavy atom. The smallest absolute Gasteiger partial charge is 0.226 e. The molecule has 0 unspecified atom stereocenters. The molecule has 126 valence electrons. The van der Waals surface area contributed by atoms with E-state index in [1.807, 2.05) is 0 Å². The van der Waals surface area contributed by atoms with E-state index in [2.05, 4.69) is 9.97 Å². The minimum absolute atomic E-state index is 0.112. The van der Waals surface area contributed by atoms with Gasteiger partial charge in [0.15, 0.2) is 22.5 Å². The highest BCUT2D eigenvalue weighted by Crippen LogP contribution is 2.23. The molecule has 5 aromatic rings. The maximum Gasteiger partial charge on any atom is 0.226 e. The maximum atomic E-state index is 12.9. The lowest BCUT2D eigenvalue weighted by atomic mass is 10.1. The van der Waals surface area contributed by atoms with Gasteiger partial charge in [0, 0.05) is 38.8 Å². The van der Waals surface area contributed by atoms with Crippen molar-refractivity contribution in [2.75, 3.05) is 0 Å². The van der Waals surface area contributed by atoms with Gasteiger partial charge in [-0.05, 0) is 36.4 Å². The molecule has 0 fully saturated rings. The third-order valence-electron chi connectivity index (χ3n) is 4.65. The van der Waals surface area contributed by atoms with Gasteiger partial charge in [0.05, 0.1) is 21.9 Å². The Morgan fingerprint density at radius 1 is 0.654 bits per heavy atom. The highest BCUT2D eigenvalue weighted by molar-refractivity contribution is 6.31. The van der Waals surface area contributed by atoms with Crippen molar-refractivity contribution in [1.29, 1.82) is 0 Å². The molecular weight excluding hydrogens is 371 g/mol. The highest BCUT2D eigenvalue weighted by atomic mass is 35.5. The second-order valence-electron chi connectivity index (χ2n) is 6.25. The molecule has 6 heteroatoms. The lowest BCUT2D eigenvalue weighted by molar-refractivity contribution is -0.288. The summed E-state index contributed by atoms with van der Waals surface area (Å²) in [6, 6.07) is 13.8. The average molecular weight is 382 g/mol. The Labute approximate surface area is 156 Å². The quantitative estimate of drug-likeness (QED) is 0.397. The largest absolute Gasteiger partial charge is 0.354 e. The first kappa shape index (κ1) is 15.4. The first-order valence-electron chi connectivity index (χ1n) is 7.93. The number of pyridine rings is 2. The highest BCUT2D eigenvalue weighted by Gasteiger charge is 2.12. The Hall–Kier alpha value is -2.82. The molecule has 5 rings (SSSR count). The molecule has 26 heavy (non-hydrogen) atoms. The normalized spacial score (nSPS) is 11.8. The molecule has 0 saturated heterocycles. The molecule has 0 spiro atoms. The fourth-order valence-corrected chi connectivity index (χ4v) is 3.75. The molecule has 2 N–H and O–H groups in total. The minimum Gasteiger partial charge on any atom is -0.354 e. The topological polar surface area (TPSA) is 65.7 Å². The van der Waals surface area contributed by atoms with Crippen LogP contribution in [0, 0.1) is 11.6 Å². The molecule has 0 aliphatic heterocycles. The molecule has 2 aromatic heterocycles. The van der Waals surface area contributed by atoms with Crippen LogP contribution in [0.15, 0.2) is 58.1 Å². The summed E-state index contributed by atoms with van der Waals surface area (Å²) < 4.78 is 0. The Kier molecular flexibility index (Phi) is 3.17. The van der Waals surface area contributed by atoms with Crippen molar-refractivity contribution in [2.24, 2.45) is 0 Å². The van der Waals surface area contributed by atoms with Gasteiger partial charge in [-0.25, -0.2) is 0 Å². The van der Waals surface area contributed by atoms with Gasteiger partial charge in [-0.15, -0.1) is 0 Å². The Balaban J connectivity index is 2.00. The second kappa shape index (κ2) is 5.34. The van der Waals surface area contributed by atoms with Crippen molar-refractivity contribution in [1.82, 2.24) is 9.97 Å². The number of benzene rings is 3. The number of fused-ring (bicyclic) bond motifs is 4. The van der Waals surface area contributed by atoms with Crippen molar-refractivity contribution < 1.29 is 11.6 Å². The van der Waals surface area contributed by atoms with Gasteiger partial charge in [0.2, 0.25) is 5.02 Å². The van der Waals surface area contributed by atoms with Crippen LogP contribution in [0.5, 0.6) is 0 Å². The van der Waals surface area contributed by atoms with E-state index in [4.69, 9.17) is 23.2 Å².